The average Bonchev–Trinajstić information content (AvgIpc) is 3.07. The molecule has 1 saturated heterocycles. The number of ether oxygens (including phenoxy) is 1. The first-order chi connectivity index (χ1) is 10.1. The number of halogens is 1. The summed E-state index contributed by atoms with van der Waals surface area (Å²) in [7, 11) is 0. The second-order valence-corrected chi connectivity index (χ2v) is 5.36. The van der Waals surface area contributed by atoms with Crippen LogP contribution in [0, 0.1) is 6.92 Å². The van der Waals surface area contributed by atoms with E-state index in [1.165, 1.54) is 12.1 Å². The predicted molar refractivity (Wildman–Crippen MR) is 77.7 cm³/mol. The zero-order valence-electron chi connectivity index (χ0n) is 11.6. The molecule has 21 heavy (non-hydrogen) atoms. The molecule has 0 saturated carbocycles. The Morgan fingerprint density at radius 2 is 2.19 bits per heavy atom. The molecule has 0 aromatic carbocycles. The Morgan fingerprint density at radius 1 is 1.43 bits per heavy atom. The minimum absolute atomic E-state index is 0.179. The molecule has 0 aliphatic carbocycles. The van der Waals surface area contributed by atoms with E-state index in [9.17, 15) is 4.79 Å². The Bertz CT molecular complexity index is 644. The maximum atomic E-state index is 12.0. The molecule has 7 heteroatoms. The molecular weight excluding hydrogens is 294 g/mol. The van der Waals surface area contributed by atoms with Gasteiger partial charge in [-0.1, -0.05) is 0 Å². The average molecular weight is 310 g/mol. The molecule has 2 aromatic heterocycles. The minimum atomic E-state index is -0.337. The number of aromatic nitrogens is 2. The van der Waals surface area contributed by atoms with Crippen LogP contribution in [0.4, 0.5) is 5.69 Å². The number of carbonyl (C=O) groups is 1. The van der Waals surface area contributed by atoms with E-state index in [1.807, 2.05) is 11.6 Å². The fraction of sp³-hybridized carbons (Fsp3) is 0.429. The number of hydrogen-bond donors (Lipinski definition) is 1. The second kappa shape index (κ2) is 5.91. The molecule has 1 aliphatic rings. The zero-order valence-corrected chi connectivity index (χ0v) is 12.4. The summed E-state index contributed by atoms with van der Waals surface area (Å²) in [5.74, 6) is -0.158. The van der Waals surface area contributed by atoms with Crippen molar-refractivity contribution in [2.75, 3.05) is 18.5 Å². The highest BCUT2D eigenvalue weighted by Crippen LogP contribution is 2.25. The molecule has 0 bridgehead atoms. The summed E-state index contributed by atoms with van der Waals surface area (Å²) in [5, 5.41) is 7.36. The van der Waals surface area contributed by atoms with Crippen LogP contribution in [0.3, 0.4) is 0 Å². The summed E-state index contributed by atoms with van der Waals surface area (Å²) in [5.41, 5.74) is 1.60. The van der Waals surface area contributed by atoms with Gasteiger partial charge in [-0.3, -0.25) is 9.48 Å². The van der Waals surface area contributed by atoms with Crippen LogP contribution in [0.2, 0.25) is 5.22 Å². The van der Waals surface area contributed by atoms with Gasteiger partial charge >= 0.3 is 0 Å². The molecule has 1 N–H and O–H groups in total. The standard InChI is InChI=1S/C14H16ClN3O3/c1-9-11(17-14(19)12-2-3-13(15)21-12)8-16-18(9)10-4-6-20-7-5-10/h2-3,8,10H,4-7H2,1H3,(H,17,19). The van der Waals surface area contributed by atoms with Crippen LogP contribution < -0.4 is 5.32 Å². The van der Waals surface area contributed by atoms with E-state index >= 15 is 0 Å². The SMILES string of the molecule is Cc1c(NC(=O)c2ccc(Cl)o2)cnn1C1CCOCC1. The molecular formula is C14H16ClN3O3. The van der Waals surface area contributed by atoms with Gasteiger partial charge in [0.15, 0.2) is 11.0 Å². The number of carbonyl (C=O) groups excluding carboxylic acids is 1. The van der Waals surface area contributed by atoms with Crippen molar-refractivity contribution in [3.63, 3.8) is 0 Å². The number of rotatable bonds is 3. The molecule has 0 atom stereocenters. The molecule has 3 heterocycles. The zero-order chi connectivity index (χ0) is 14.8. The first-order valence-electron chi connectivity index (χ1n) is 6.83. The van der Waals surface area contributed by atoms with Crippen molar-refractivity contribution in [2.24, 2.45) is 0 Å². The van der Waals surface area contributed by atoms with E-state index in [0.29, 0.717) is 11.7 Å². The smallest absolute Gasteiger partial charge is 0.291 e. The van der Waals surface area contributed by atoms with Crippen LogP contribution >= 0.6 is 11.6 Å². The third-order valence-electron chi connectivity index (χ3n) is 3.63. The highest BCUT2D eigenvalue weighted by molar-refractivity contribution is 6.29. The van der Waals surface area contributed by atoms with E-state index in [-0.39, 0.29) is 16.9 Å². The van der Waals surface area contributed by atoms with Crippen molar-refractivity contribution in [2.45, 2.75) is 25.8 Å². The summed E-state index contributed by atoms with van der Waals surface area (Å²) in [4.78, 5) is 12.0. The van der Waals surface area contributed by atoms with Gasteiger partial charge in [0.05, 0.1) is 23.6 Å². The molecule has 3 rings (SSSR count). The molecule has 6 nitrogen and oxygen atoms in total. The Hall–Kier alpha value is -1.79. The van der Waals surface area contributed by atoms with Crippen molar-refractivity contribution < 1.29 is 13.9 Å². The number of furan rings is 1. The predicted octanol–water partition coefficient (Wildman–Crippen LogP) is 3.04. The fourth-order valence-electron chi connectivity index (χ4n) is 2.46. The third-order valence-corrected chi connectivity index (χ3v) is 3.83. The van der Waals surface area contributed by atoms with Crippen LogP contribution in [-0.4, -0.2) is 28.9 Å². The molecule has 0 radical (unpaired) electrons. The molecule has 0 spiro atoms. The number of nitrogens with one attached hydrogen (secondary N) is 1. The number of hydrogen-bond acceptors (Lipinski definition) is 4. The largest absolute Gasteiger partial charge is 0.440 e. The maximum absolute atomic E-state index is 12.0. The van der Waals surface area contributed by atoms with Crippen LogP contribution in [-0.2, 0) is 4.74 Å². The topological polar surface area (TPSA) is 69.3 Å². The van der Waals surface area contributed by atoms with Gasteiger partial charge in [-0.15, -0.1) is 0 Å². The third kappa shape index (κ3) is 2.96. The number of amides is 1. The van der Waals surface area contributed by atoms with Crippen molar-refractivity contribution in [3.8, 4) is 0 Å². The van der Waals surface area contributed by atoms with Crippen LogP contribution in [0.5, 0.6) is 0 Å². The molecule has 1 amide bonds. The molecule has 2 aromatic rings. The van der Waals surface area contributed by atoms with Crippen LogP contribution in [0.15, 0.2) is 22.7 Å². The van der Waals surface area contributed by atoms with Crippen molar-refractivity contribution >= 4 is 23.2 Å². The van der Waals surface area contributed by atoms with Crippen molar-refractivity contribution in [3.05, 3.63) is 35.0 Å². The summed E-state index contributed by atoms with van der Waals surface area (Å²) in [6.45, 7) is 3.43. The lowest BCUT2D eigenvalue weighted by molar-refractivity contribution is 0.0657. The first-order valence-corrected chi connectivity index (χ1v) is 7.21. The van der Waals surface area contributed by atoms with E-state index in [4.69, 9.17) is 20.8 Å². The van der Waals surface area contributed by atoms with E-state index < -0.39 is 0 Å². The fourth-order valence-corrected chi connectivity index (χ4v) is 2.61. The summed E-state index contributed by atoms with van der Waals surface area (Å²) < 4.78 is 12.4. The van der Waals surface area contributed by atoms with E-state index in [0.717, 1.165) is 31.7 Å². The Morgan fingerprint density at radius 3 is 2.86 bits per heavy atom. The molecule has 112 valence electrons. The van der Waals surface area contributed by atoms with Gasteiger partial charge in [0.1, 0.15) is 0 Å². The Balaban J connectivity index is 1.74. The highest BCUT2D eigenvalue weighted by Gasteiger charge is 2.20. The summed E-state index contributed by atoms with van der Waals surface area (Å²) >= 11 is 5.67. The minimum Gasteiger partial charge on any atom is -0.440 e. The van der Waals surface area contributed by atoms with Gasteiger partial charge in [-0.2, -0.15) is 5.10 Å². The van der Waals surface area contributed by atoms with Crippen LogP contribution in [0.25, 0.3) is 0 Å². The van der Waals surface area contributed by atoms with Crippen molar-refractivity contribution in [1.29, 1.82) is 0 Å². The summed E-state index contributed by atoms with van der Waals surface area (Å²) in [6, 6.07) is 3.40. The second-order valence-electron chi connectivity index (χ2n) is 4.99. The monoisotopic (exact) mass is 309 g/mol. The van der Waals surface area contributed by atoms with Gasteiger partial charge < -0.3 is 14.5 Å². The Labute approximate surface area is 127 Å². The van der Waals surface area contributed by atoms with Gasteiger partial charge in [0.2, 0.25) is 0 Å². The highest BCUT2D eigenvalue weighted by atomic mass is 35.5. The van der Waals surface area contributed by atoms with E-state index in [2.05, 4.69) is 10.4 Å². The normalized spacial score (nSPS) is 16.1. The van der Waals surface area contributed by atoms with Gasteiger partial charge in [0.25, 0.3) is 5.91 Å². The lowest BCUT2D eigenvalue weighted by Crippen LogP contribution is -2.21. The Kier molecular flexibility index (Phi) is 3.98. The lowest BCUT2D eigenvalue weighted by Gasteiger charge is -2.23. The lowest BCUT2D eigenvalue weighted by atomic mass is 10.1. The van der Waals surface area contributed by atoms with Gasteiger partial charge in [-0.05, 0) is 43.5 Å². The van der Waals surface area contributed by atoms with Crippen molar-refractivity contribution in [1.82, 2.24) is 9.78 Å². The number of nitrogens with zero attached hydrogens (tertiary/aromatic N) is 2. The number of anilines is 1. The van der Waals surface area contributed by atoms with Crippen LogP contribution in [0.1, 0.15) is 35.1 Å². The molecule has 1 fully saturated rings. The molecule has 1 aliphatic heterocycles. The quantitative estimate of drug-likeness (QED) is 0.946. The van der Waals surface area contributed by atoms with Gasteiger partial charge in [0, 0.05) is 13.2 Å². The van der Waals surface area contributed by atoms with E-state index in [1.54, 1.807) is 6.20 Å². The van der Waals surface area contributed by atoms with Gasteiger partial charge in [-0.25, -0.2) is 0 Å². The molecule has 0 unspecified atom stereocenters. The summed E-state index contributed by atoms with van der Waals surface area (Å²) in [6.07, 6.45) is 3.53. The first kappa shape index (κ1) is 14.2. The maximum Gasteiger partial charge on any atom is 0.291 e.